The summed E-state index contributed by atoms with van der Waals surface area (Å²) in [5.74, 6) is -0.0975. The third kappa shape index (κ3) is 2.82. The molecule has 3 N–H and O–H groups in total. The minimum atomic E-state index is -3.86. The van der Waals surface area contributed by atoms with Gasteiger partial charge in [-0.2, -0.15) is 5.26 Å². The van der Waals surface area contributed by atoms with Crippen LogP contribution in [0.25, 0.3) is 0 Å². The Bertz CT molecular complexity index is 799. The van der Waals surface area contributed by atoms with Crippen LogP contribution in [0.1, 0.15) is 5.56 Å². The van der Waals surface area contributed by atoms with Gasteiger partial charge in [-0.15, -0.1) is 0 Å². The molecule has 20 heavy (non-hydrogen) atoms. The molecular formula is C12H9ClN4O2S. The van der Waals surface area contributed by atoms with Gasteiger partial charge in [0.15, 0.2) is 0 Å². The number of rotatable bonds is 3. The molecule has 1 aromatic carbocycles. The topological polar surface area (TPSA) is 109 Å². The number of nitrogens with one attached hydrogen (secondary N) is 1. The van der Waals surface area contributed by atoms with Crippen molar-refractivity contribution in [3.63, 3.8) is 0 Å². The molecule has 0 unspecified atom stereocenters. The van der Waals surface area contributed by atoms with E-state index in [2.05, 4.69) is 9.71 Å². The molecule has 1 heterocycles. The number of benzene rings is 1. The molecular weight excluding hydrogens is 300 g/mol. The van der Waals surface area contributed by atoms with Crippen molar-refractivity contribution in [2.45, 2.75) is 4.90 Å². The van der Waals surface area contributed by atoms with E-state index >= 15 is 0 Å². The Morgan fingerprint density at radius 1 is 1.35 bits per heavy atom. The normalized spacial score (nSPS) is 10.8. The fourth-order valence-corrected chi connectivity index (χ4v) is 2.87. The van der Waals surface area contributed by atoms with Crippen LogP contribution in [0.3, 0.4) is 0 Å². The number of halogens is 1. The van der Waals surface area contributed by atoms with Gasteiger partial charge in [-0.25, -0.2) is 13.4 Å². The highest BCUT2D eigenvalue weighted by atomic mass is 35.5. The highest BCUT2D eigenvalue weighted by Gasteiger charge is 2.18. The zero-order valence-corrected chi connectivity index (χ0v) is 11.6. The Kier molecular flexibility index (Phi) is 3.79. The molecule has 0 radical (unpaired) electrons. The maximum Gasteiger partial charge on any atom is 0.265 e. The first-order valence-electron chi connectivity index (χ1n) is 5.37. The predicted octanol–water partition coefficient (Wildman–Crippen LogP) is 1.99. The molecule has 1 aromatic heterocycles. The molecule has 0 amide bonds. The van der Waals surface area contributed by atoms with Gasteiger partial charge in [0.2, 0.25) is 0 Å². The number of nitriles is 1. The maximum absolute atomic E-state index is 12.1. The number of pyridine rings is 1. The molecule has 0 bridgehead atoms. The number of nitrogens with zero attached hydrogens (tertiary/aromatic N) is 2. The maximum atomic E-state index is 12.1. The second-order valence-corrected chi connectivity index (χ2v) is 5.86. The lowest BCUT2D eigenvalue weighted by molar-refractivity contribution is 0.601. The Hall–Kier alpha value is -2.30. The second kappa shape index (κ2) is 5.36. The molecule has 8 heteroatoms. The standard InChI is InChI=1S/C12H9ClN4O2S/c13-10-6-9(4-3-8(10)7-14)17-20(18,19)11-2-1-5-16-12(11)15/h1-6,17H,(H2,15,16). The van der Waals surface area contributed by atoms with E-state index in [1.54, 1.807) is 0 Å². The van der Waals surface area contributed by atoms with Crippen LogP contribution in [-0.4, -0.2) is 13.4 Å². The van der Waals surface area contributed by atoms with Crippen LogP contribution >= 0.6 is 11.6 Å². The third-order valence-corrected chi connectivity index (χ3v) is 4.17. The van der Waals surface area contributed by atoms with Gasteiger partial charge in [-0.1, -0.05) is 11.6 Å². The molecule has 0 aliphatic rings. The second-order valence-electron chi connectivity index (χ2n) is 3.80. The summed E-state index contributed by atoms with van der Waals surface area (Å²) in [5.41, 5.74) is 6.03. The fourth-order valence-electron chi connectivity index (χ4n) is 1.51. The lowest BCUT2D eigenvalue weighted by Gasteiger charge is -2.09. The van der Waals surface area contributed by atoms with E-state index in [1.807, 2.05) is 6.07 Å². The van der Waals surface area contributed by atoms with Crippen molar-refractivity contribution >= 4 is 33.1 Å². The van der Waals surface area contributed by atoms with Crippen molar-refractivity contribution in [3.05, 3.63) is 47.1 Å². The lowest BCUT2D eigenvalue weighted by atomic mass is 10.2. The summed E-state index contributed by atoms with van der Waals surface area (Å²) < 4.78 is 26.6. The minimum Gasteiger partial charge on any atom is -0.383 e. The van der Waals surface area contributed by atoms with Crippen molar-refractivity contribution < 1.29 is 8.42 Å². The summed E-state index contributed by atoms with van der Waals surface area (Å²) in [4.78, 5) is 3.60. The number of hydrogen-bond donors (Lipinski definition) is 2. The Balaban J connectivity index is 2.37. The summed E-state index contributed by atoms with van der Waals surface area (Å²) in [7, 11) is -3.86. The number of anilines is 2. The Morgan fingerprint density at radius 2 is 2.10 bits per heavy atom. The zero-order valence-electron chi connectivity index (χ0n) is 10.0. The van der Waals surface area contributed by atoms with Crippen molar-refractivity contribution in [1.29, 1.82) is 5.26 Å². The molecule has 0 spiro atoms. The quantitative estimate of drug-likeness (QED) is 0.901. The van der Waals surface area contributed by atoms with Gasteiger partial charge in [0.25, 0.3) is 10.0 Å². The third-order valence-electron chi connectivity index (χ3n) is 2.43. The smallest absolute Gasteiger partial charge is 0.265 e. The fraction of sp³-hybridized carbons (Fsp3) is 0. The first-order chi connectivity index (χ1) is 9.44. The van der Waals surface area contributed by atoms with Crippen LogP contribution in [0.2, 0.25) is 5.02 Å². The molecule has 2 rings (SSSR count). The molecule has 0 saturated heterocycles. The van der Waals surface area contributed by atoms with E-state index in [4.69, 9.17) is 22.6 Å². The summed E-state index contributed by atoms with van der Waals surface area (Å²) in [6, 6.07) is 8.91. The number of nitrogen functional groups attached to an aromatic ring is 1. The first-order valence-corrected chi connectivity index (χ1v) is 7.23. The minimum absolute atomic E-state index is 0.0975. The average molecular weight is 309 g/mol. The zero-order chi connectivity index (χ0) is 14.8. The molecule has 0 aliphatic carbocycles. The lowest BCUT2D eigenvalue weighted by Crippen LogP contribution is -2.15. The van der Waals surface area contributed by atoms with Crippen molar-refractivity contribution in [1.82, 2.24) is 4.98 Å². The van der Waals surface area contributed by atoms with Crippen LogP contribution in [0.15, 0.2) is 41.4 Å². The van der Waals surface area contributed by atoms with Gasteiger partial charge in [-0.3, -0.25) is 4.72 Å². The molecule has 6 nitrogen and oxygen atoms in total. The Labute approximate surface area is 120 Å². The van der Waals surface area contributed by atoms with Crippen LogP contribution in [0.4, 0.5) is 11.5 Å². The molecule has 0 fully saturated rings. The highest BCUT2D eigenvalue weighted by Crippen LogP contribution is 2.23. The molecule has 102 valence electrons. The van der Waals surface area contributed by atoms with Crippen LogP contribution < -0.4 is 10.5 Å². The Morgan fingerprint density at radius 3 is 2.70 bits per heavy atom. The van der Waals surface area contributed by atoms with Crippen LogP contribution in [0.5, 0.6) is 0 Å². The number of sulfonamides is 1. The van der Waals surface area contributed by atoms with Gasteiger partial charge in [-0.05, 0) is 30.3 Å². The first kappa shape index (κ1) is 14.1. The number of aromatic nitrogens is 1. The van der Waals surface area contributed by atoms with Crippen molar-refractivity contribution in [2.75, 3.05) is 10.5 Å². The summed E-state index contributed by atoms with van der Waals surface area (Å²) in [6.45, 7) is 0. The number of nitrogens with two attached hydrogens (primary N) is 1. The van der Waals surface area contributed by atoms with Gasteiger partial charge in [0.05, 0.1) is 16.3 Å². The number of hydrogen-bond acceptors (Lipinski definition) is 5. The van der Waals surface area contributed by atoms with E-state index in [1.165, 1.54) is 36.5 Å². The van der Waals surface area contributed by atoms with E-state index in [9.17, 15) is 8.42 Å². The van der Waals surface area contributed by atoms with E-state index < -0.39 is 10.0 Å². The van der Waals surface area contributed by atoms with Gasteiger partial charge >= 0.3 is 0 Å². The summed E-state index contributed by atoms with van der Waals surface area (Å²) in [6.07, 6.45) is 1.40. The van der Waals surface area contributed by atoms with Crippen LogP contribution in [0, 0.1) is 11.3 Å². The molecule has 0 aliphatic heterocycles. The van der Waals surface area contributed by atoms with Crippen molar-refractivity contribution in [3.8, 4) is 6.07 Å². The van der Waals surface area contributed by atoms with Gasteiger partial charge in [0, 0.05) is 6.20 Å². The summed E-state index contributed by atoms with van der Waals surface area (Å²) in [5, 5.41) is 8.92. The molecule has 2 aromatic rings. The molecule has 0 saturated carbocycles. The van der Waals surface area contributed by atoms with E-state index in [0.29, 0.717) is 0 Å². The van der Waals surface area contributed by atoms with Gasteiger partial charge < -0.3 is 5.73 Å². The largest absolute Gasteiger partial charge is 0.383 e. The average Bonchev–Trinajstić information content (AvgIpc) is 2.38. The molecule has 0 atom stereocenters. The van der Waals surface area contributed by atoms with E-state index in [-0.39, 0.29) is 27.0 Å². The monoisotopic (exact) mass is 308 g/mol. The SMILES string of the molecule is N#Cc1ccc(NS(=O)(=O)c2cccnc2N)cc1Cl. The predicted molar refractivity (Wildman–Crippen MR) is 75.6 cm³/mol. The van der Waals surface area contributed by atoms with Crippen LogP contribution in [-0.2, 0) is 10.0 Å². The van der Waals surface area contributed by atoms with Gasteiger partial charge in [0.1, 0.15) is 16.8 Å². The summed E-state index contributed by atoms with van der Waals surface area (Å²) >= 11 is 5.84. The van der Waals surface area contributed by atoms with E-state index in [0.717, 1.165) is 0 Å². The van der Waals surface area contributed by atoms with Crippen molar-refractivity contribution in [2.24, 2.45) is 0 Å². The highest BCUT2D eigenvalue weighted by molar-refractivity contribution is 7.92.